The van der Waals surface area contributed by atoms with Gasteiger partial charge < -0.3 is 14.9 Å². The molecule has 148 valence electrons. The number of aliphatic hydroxyl groups is 1. The zero-order valence-electron chi connectivity index (χ0n) is 14.8. The Morgan fingerprint density at radius 1 is 1.07 bits per heavy atom. The summed E-state index contributed by atoms with van der Waals surface area (Å²) < 4.78 is 39.9. The maximum atomic E-state index is 13.3. The fraction of sp³-hybridized carbons (Fsp3) is 0.556. The molecule has 1 aromatic rings. The first kappa shape index (κ1) is 19.6. The molecule has 0 radical (unpaired) electrons. The van der Waals surface area contributed by atoms with Crippen LogP contribution in [-0.4, -0.2) is 72.6 Å². The normalized spacial score (nSPS) is 19.0. The largest absolute Gasteiger partial charge is 0.416 e. The van der Waals surface area contributed by atoms with Gasteiger partial charge in [-0.25, -0.2) is 0 Å². The van der Waals surface area contributed by atoms with Crippen molar-refractivity contribution in [1.82, 2.24) is 9.80 Å². The highest BCUT2D eigenvalue weighted by atomic mass is 19.4. The first-order valence-electron chi connectivity index (χ1n) is 8.95. The maximum absolute atomic E-state index is 13.3. The molecule has 0 atom stereocenters. The van der Waals surface area contributed by atoms with E-state index in [2.05, 4.69) is 0 Å². The molecule has 2 heterocycles. The summed E-state index contributed by atoms with van der Waals surface area (Å²) in [4.78, 5) is 29.5. The summed E-state index contributed by atoms with van der Waals surface area (Å²) in [5.74, 6) is -0.706. The molecule has 2 saturated heterocycles. The van der Waals surface area contributed by atoms with Gasteiger partial charge in [0.1, 0.15) is 0 Å². The van der Waals surface area contributed by atoms with Crippen molar-refractivity contribution in [2.45, 2.75) is 19.0 Å². The van der Waals surface area contributed by atoms with Gasteiger partial charge in [0.05, 0.1) is 12.2 Å². The van der Waals surface area contributed by atoms with E-state index >= 15 is 0 Å². The summed E-state index contributed by atoms with van der Waals surface area (Å²) >= 11 is 0. The van der Waals surface area contributed by atoms with E-state index in [0.717, 1.165) is 12.1 Å². The quantitative estimate of drug-likeness (QED) is 0.855. The van der Waals surface area contributed by atoms with E-state index in [1.165, 1.54) is 15.9 Å². The van der Waals surface area contributed by atoms with Crippen LogP contribution in [0.1, 0.15) is 28.8 Å². The Morgan fingerprint density at radius 2 is 1.78 bits per heavy atom. The van der Waals surface area contributed by atoms with E-state index in [-0.39, 0.29) is 23.8 Å². The molecule has 2 aliphatic rings. The predicted octanol–water partition coefficient (Wildman–Crippen LogP) is 1.58. The highest BCUT2D eigenvalue weighted by Crippen LogP contribution is 2.34. The number of carbonyl (C=O) groups excluding carboxylic acids is 2. The molecule has 0 bridgehead atoms. The molecule has 1 aromatic carbocycles. The summed E-state index contributed by atoms with van der Waals surface area (Å²) in [5.41, 5.74) is -0.869. The Labute approximate surface area is 155 Å². The molecule has 2 amide bonds. The molecule has 0 spiro atoms. The van der Waals surface area contributed by atoms with Gasteiger partial charge in [0.25, 0.3) is 5.91 Å². The number of halogens is 3. The first-order valence-corrected chi connectivity index (χ1v) is 8.95. The van der Waals surface area contributed by atoms with Crippen molar-refractivity contribution >= 4 is 17.5 Å². The van der Waals surface area contributed by atoms with Gasteiger partial charge >= 0.3 is 6.18 Å². The van der Waals surface area contributed by atoms with Gasteiger partial charge in [-0.2, -0.15) is 13.2 Å². The van der Waals surface area contributed by atoms with Gasteiger partial charge in [-0.15, -0.1) is 0 Å². The number of anilines is 1. The number of nitrogens with zero attached hydrogens (tertiary/aromatic N) is 3. The minimum absolute atomic E-state index is 0.0226. The summed E-state index contributed by atoms with van der Waals surface area (Å²) in [6.45, 7) is 2.76. The molecule has 2 fully saturated rings. The number of aliphatic hydroxyl groups excluding tert-OH is 1. The molecule has 0 aromatic heterocycles. The molecule has 0 unspecified atom stereocenters. The van der Waals surface area contributed by atoms with Crippen LogP contribution in [0.5, 0.6) is 0 Å². The number of hydrogen-bond donors (Lipinski definition) is 1. The molecule has 1 N–H and O–H groups in total. The van der Waals surface area contributed by atoms with E-state index in [9.17, 15) is 22.8 Å². The average molecular weight is 385 g/mol. The van der Waals surface area contributed by atoms with Crippen LogP contribution in [0, 0.1) is 0 Å². The van der Waals surface area contributed by atoms with Crippen molar-refractivity contribution in [1.29, 1.82) is 0 Å². The monoisotopic (exact) mass is 385 g/mol. The Balaban J connectivity index is 1.85. The molecule has 0 aliphatic carbocycles. The fourth-order valence-electron chi connectivity index (χ4n) is 3.47. The third-order valence-corrected chi connectivity index (χ3v) is 4.95. The molecular weight excluding hydrogens is 363 g/mol. The van der Waals surface area contributed by atoms with Crippen molar-refractivity contribution in [2.24, 2.45) is 0 Å². The lowest BCUT2D eigenvalue weighted by atomic mass is 10.1. The van der Waals surface area contributed by atoms with Gasteiger partial charge in [0.15, 0.2) is 0 Å². The van der Waals surface area contributed by atoms with Crippen LogP contribution in [-0.2, 0) is 11.0 Å². The maximum Gasteiger partial charge on any atom is 0.416 e. The minimum Gasteiger partial charge on any atom is -0.395 e. The second kappa shape index (κ2) is 7.85. The van der Waals surface area contributed by atoms with Gasteiger partial charge in [0, 0.05) is 56.9 Å². The number of benzene rings is 1. The average Bonchev–Trinajstić information content (AvgIpc) is 3.07. The summed E-state index contributed by atoms with van der Waals surface area (Å²) in [6.07, 6.45) is -3.72. The Kier molecular flexibility index (Phi) is 5.71. The van der Waals surface area contributed by atoms with Crippen molar-refractivity contribution in [3.05, 3.63) is 29.3 Å². The minimum atomic E-state index is -4.60. The second-order valence-electron chi connectivity index (χ2n) is 6.77. The Bertz CT molecular complexity index is 716. The van der Waals surface area contributed by atoms with E-state index in [1.807, 2.05) is 4.90 Å². The van der Waals surface area contributed by atoms with Crippen LogP contribution in [0.3, 0.4) is 0 Å². The fourth-order valence-corrected chi connectivity index (χ4v) is 3.47. The highest BCUT2D eigenvalue weighted by molar-refractivity contribution is 5.99. The Hall–Kier alpha value is -2.13. The summed E-state index contributed by atoms with van der Waals surface area (Å²) in [6, 6.07) is 3.16. The third-order valence-electron chi connectivity index (χ3n) is 4.95. The van der Waals surface area contributed by atoms with Crippen LogP contribution >= 0.6 is 0 Å². The van der Waals surface area contributed by atoms with Crippen LogP contribution < -0.4 is 4.90 Å². The summed E-state index contributed by atoms with van der Waals surface area (Å²) in [5, 5.41) is 8.97. The number of amides is 2. The lowest BCUT2D eigenvalue weighted by Gasteiger charge is -2.34. The van der Waals surface area contributed by atoms with E-state index in [0.29, 0.717) is 52.1 Å². The van der Waals surface area contributed by atoms with Crippen LogP contribution in [0.4, 0.5) is 18.9 Å². The molecular formula is C18H22F3N3O3. The van der Waals surface area contributed by atoms with Crippen LogP contribution in [0.2, 0.25) is 0 Å². The number of hydrogen-bond acceptors (Lipinski definition) is 4. The van der Waals surface area contributed by atoms with Crippen molar-refractivity contribution in [3.63, 3.8) is 0 Å². The topological polar surface area (TPSA) is 64.1 Å². The highest BCUT2D eigenvalue weighted by Gasteiger charge is 2.34. The SMILES string of the molecule is O=C(c1cc(N2CCCC2=O)cc(C(F)(F)F)c1)N1CCN(CCO)CC1. The van der Waals surface area contributed by atoms with Crippen molar-refractivity contribution < 1.29 is 27.9 Å². The molecule has 9 heteroatoms. The Morgan fingerprint density at radius 3 is 2.33 bits per heavy atom. The summed E-state index contributed by atoms with van der Waals surface area (Å²) in [7, 11) is 0. The van der Waals surface area contributed by atoms with E-state index in [1.54, 1.807) is 0 Å². The molecule has 3 rings (SSSR count). The van der Waals surface area contributed by atoms with Gasteiger partial charge in [-0.05, 0) is 24.6 Å². The molecule has 6 nitrogen and oxygen atoms in total. The molecule has 27 heavy (non-hydrogen) atoms. The lowest BCUT2D eigenvalue weighted by Crippen LogP contribution is -2.49. The number of piperazine rings is 1. The zero-order chi connectivity index (χ0) is 19.6. The van der Waals surface area contributed by atoms with E-state index in [4.69, 9.17) is 5.11 Å². The number of rotatable bonds is 4. The molecule has 2 aliphatic heterocycles. The number of alkyl halides is 3. The van der Waals surface area contributed by atoms with E-state index < -0.39 is 17.6 Å². The zero-order valence-corrected chi connectivity index (χ0v) is 14.8. The van der Waals surface area contributed by atoms with Crippen LogP contribution in [0.15, 0.2) is 18.2 Å². The lowest BCUT2D eigenvalue weighted by molar-refractivity contribution is -0.137. The van der Waals surface area contributed by atoms with Gasteiger partial charge in [-0.1, -0.05) is 0 Å². The smallest absolute Gasteiger partial charge is 0.395 e. The van der Waals surface area contributed by atoms with Crippen LogP contribution in [0.25, 0.3) is 0 Å². The molecule has 0 saturated carbocycles. The second-order valence-corrected chi connectivity index (χ2v) is 6.77. The third kappa shape index (κ3) is 4.41. The van der Waals surface area contributed by atoms with Gasteiger partial charge in [0.2, 0.25) is 5.91 Å². The van der Waals surface area contributed by atoms with Crippen molar-refractivity contribution in [2.75, 3.05) is 50.8 Å². The number of β-amino-alcohol motifs (C(OH)–C–C–N with tert-alkyl or cyclic N) is 1. The first-order chi connectivity index (χ1) is 12.8. The predicted molar refractivity (Wildman–Crippen MR) is 92.5 cm³/mol. The standard InChI is InChI=1S/C18H22F3N3O3/c19-18(20,21)14-10-13(11-15(12-14)24-3-1-2-16(24)26)17(27)23-6-4-22(5-7-23)8-9-25/h10-12,25H,1-9H2. The number of carbonyl (C=O) groups is 2. The van der Waals surface area contributed by atoms with Gasteiger partial charge in [-0.3, -0.25) is 14.5 Å². The van der Waals surface area contributed by atoms with Crippen molar-refractivity contribution in [3.8, 4) is 0 Å².